The summed E-state index contributed by atoms with van der Waals surface area (Å²) in [6, 6.07) is 14.4. The summed E-state index contributed by atoms with van der Waals surface area (Å²) in [5.74, 6) is 0.663. The molecule has 1 atom stereocenters. The molecule has 28 heavy (non-hydrogen) atoms. The van der Waals surface area contributed by atoms with Crippen LogP contribution in [0.3, 0.4) is 0 Å². The molecule has 0 heterocycles. The number of rotatable bonds is 9. The summed E-state index contributed by atoms with van der Waals surface area (Å²) in [7, 11) is 0. The van der Waals surface area contributed by atoms with E-state index in [2.05, 4.69) is 18.3 Å². The van der Waals surface area contributed by atoms with Crippen molar-refractivity contribution in [1.29, 1.82) is 5.26 Å². The number of hydrogen-bond acceptors (Lipinski definition) is 5. The van der Waals surface area contributed by atoms with Crippen LogP contribution in [0.2, 0.25) is 0 Å². The molecule has 2 rings (SSSR count). The molecule has 0 bridgehead atoms. The first kappa shape index (κ1) is 21.6. The fourth-order valence-electron chi connectivity index (χ4n) is 2.96. The standard InChI is InChI=1S/C22H26N2O3S/c1-5-22(21(25)26,24-18-10-7-16(14-23)8-11-18)17-9-12-19(27-15(3)4)20(13-17)28-6-2/h7-13,15,24H,5-6H2,1-4H3,(H,25,26). The second kappa shape index (κ2) is 9.52. The first-order valence-electron chi connectivity index (χ1n) is 9.32. The second-order valence-electron chi connectivity index (χ2n) is 6.64. The van der Waals surface area contributed by atoms with E-state index in [4.69, 9.17) is 10.00 Å². The number of nitriles is 1. The lowest BCUT2D eigenvalue weighted by Crippen LogP contribution is -2.43. The van der Waals surface area contributed by atoms with Crippen LogP contribution in [-0.4, -0.2) is 22.9 Å². The molecule has 0 aliphatic heterocycles. The summed E-state index contributed by atoms with van der Waals surface area (Å²) in [6.07, 6.45) is 0.386. The number of thioether (sulfide) groups is 1. The van der Waals surface area contributed by atoms with Gasteiger partial charge in [-0.2, -0.15) is 5.26 Å². The molecule has 2 aromatic carbocycles. The second-order valence-corrected chi connectivity index (χ2v) is 7.95. The Kier molecular flexibility index (Phi) is 7.36. The molecule has 0 amide bonds. The Morgan fingerprint density at radius 2 is 1.93 bits per heavy atom. The van der Waals surface area contributed by atoms with Gasteiger partial charge in [0.15, 0.2) is 5.54 Å². The minimum Gasteiger partial charge on any atom is -0.490 e. The van der Waals surface area contributed by atoms with Gasteiger partial charge in [-0.25, -0.2) is 4.79 Å². The Bertz CT molecular complexity index is 859. The zero-order valence-corrected chi connectivity index (χ0v) is 17.5. The third-order valence-electron chi connectivity index (χ3n) is 4.37. The van der Waals surface area contributed by atoms with E-state index in [9.17, 15) is 9.90 Å². The average molecular weight is 399 g/mol. The molecule has 0 saturated carbocycles. The molecule has 0 saturated heterocycles. The third kappa shape index (κ3) is 4.79. The summed E-state index contributed by atoms with van der Waals surface area (Å²) in [5.41, 5.74) is 0.558. The van der Waals surface area contributed by atoms with E-state index in [0.717, 1.165) is 16.4 Å². The number of nitrogens with one attached hydrogen (secondary N) is 1. The minimum atomic E-state index is -1.28. The molecule has 0 fully saturated rings. The first-order chi connectivity index (χ1) is 13.4. The lowest BCUT2D eigenvalue weighted by atomic mass is 9.86. The Morgan fingerprint density at radius 1 is 1.25 bits per heavy atom. The van der Waals surface area contributed by atoms with Crippen LogP contribution in [0.1, 0.15) is 45.2 Å². The highest BCUT2D eigenvalue weighted by Crippen LogP contribution is 2.37. The van der Waals surface area contributed by atoms with Gasteiger partial charge in [-0.3, -0.25) is 0 Å². The van der Waals surface area contributed by atoms with E-state index in [1.807, 2.05) is 39.0 Å². The molecule has 1 unspecified atom stereocenters. The zero-order chi connectivity index (χ0) is 20.7. The molecule has 0 aliphatic carbocycles. The van der Waals surface area contributed by atoms with Crippen molar-refractivity contribution in [2.24, 2.45) is 0 Å². The number of hydrogen-bond donors (Lipinski definition) is 2. The number of ether oxygens (including phenoxy) is 1. The molecule has 0 radical (unpaired) electrons. The number of aliphatic carboxylic acids is 1. The van der Waals surface area contributed by atoms with Crippen LogP contribution in [-0.2, 0) is 10.3 Å². The monoisotopic (exact) mass is 398 g/mol. The predicted molar refractivity (Wildman–Crippen MR) is 113 cm³/mol. The number of carboxylic acids is 1. The van der Waals surface area contributed by atoms with Crippen molar-refractivity contribution in [1.82, 2.24) is 0 Å². The van der Waals surface area contributed by atoms with Gasteiger partial charge in [-0.1, -0.05) is 19.9 Å². The van der Waals surface area contributed by atoms with Crippen molar-refractivity contribution < 1.29 is 14.6 Å². The van der Waals surface area contributed by atoms with Crippen molar-refractivity contribution >= 4 is 23.4 Å². The molecule has 2 N–H and O–H groups in total. The van der Waals surface area contributed by atoms with Crippen molar-refractivity contribution in [3.63, 3.8) is 0 Å². The van der Waals surface area contributed by atoms with Gasteiger partial charge >= 0.3 is 5.97 Å². The van der Waals surface area contributed by atoms with Gasteiger partial charge in [-0.05, 0) is 68.0 Å². The summed E-state index contributed by atoms with van der Waals surface area (Å²) in [5, 5.41) is 22.3. The maximum absolute atomic E-state index is 12.4. The van der Waals surface area contributed by atoms with E-state index < -0.39 is 11.5 Å². The number of carboxylic acid groups (broad SMARTS) is 1. The van der Waals surface area contributed by atoms with Crippen LogP contribution < -0.4 is 10.1 Å². The van der Waals surface area contributed by atoms with Gasteiger partial charge in [0.1, 0.15) is 5.75 Å². The minimum absolute atomic E-state index is 0.0363. The van der Waals surface area contributed by atoms with Crippen molar-refractivity contribution in [3.05, 3.63) is 53.6 Å². The van der Waals surface area contributed by atoms with Crippen LogP contribution in [0.25, 0.3) is 0 Å². The highest BCUT2D eigenvalue weighted by atomic mass is 32.2. The SMILES string of the molecule is CCSc1cc(C(CC)(Nc2ccc(C#N)cc2)C(=O)O)ccc1OC(C)C. The Morgan fingerprint density at radius 3 is 2.43 bits per heavy atom. The van der Waals surface area contributed by atoms with Gasteiger partial charge in [0.25, 0.3) is 0 Å². The fraction of sp³-hybridized carbons (Fsp3) is 0.364. The topological polar surface area (TPSA) is 82.4 Å². The molecular formula is C22H26N2O3S. The van der Waals surface area contributed by atoms with Crippen LogP contribution in [0.4, 0.5) is 5.69 Å². The van der Waals surface area contributed by atoms with E-state index in [1.54, 1.807) is 36.0 Å². The molecular weight excluding hydrogens is 372 g/mol. The molecule has 2 aromatic rings. The molecule has 148 valence electrons. The number of nitrogens with zero attached hydrogens (tertiary/aromatic N) is 1. The largest absolute Gasteiger partial charge is 0.490 e. The van der Waals surface area contributed by atoms with Crippen molar-refractivity contribution in [2.75, 3.05) is 11.1 Å². The van der Waals surface area contributed by atoms with E-state index in [-0.39, 0.29) is 6.10 Å². The first-order valence-corrected chi connectivity index (χ1v) is 10.3. The van der Waals surface area contributed by atoms with Crippen LogP contribution in [0, 0.1) is 11.3 Å². The maximum Gasteiger partial charge on any atom is 0.334 e. The number of benzene rings is 2. The Balaban J connectivity index is 2.50. The predicted octanol–water partition coefficient (Wildman–Crippen LogP) is 5.26. The van der Waals surface area contributed by atoms with Crippen molar-refractivity contribution in [2.45, 2.75) is 50.7 Å². The maximum atomic E-state index is 12.4. The van der Waals surface area contributed by atoms with Crippen molar-refractivity contribution in [3.8, 4) is 11.8 Å². The van der Waals surface area contributed by atoms with Gasteiger partial charge in [0, 0.05) is 10.6 Å². The Labute approximate surface area is 170 Å². The smallest absolute Gasteiger partial charge is 0.334 e. The van der Waals surface area contributed by atoms with Gasteiger partial charge in [0.05, 0.1) is 17.7 Å². The number of carbonyl (C=O) groups is 1. The summed E-state index contributed by atoms with van der Waals surface area (Å²) >= 11 is 1.63. The third-order valence-corrected chi connectivity index (χ3v) is 5.28. The Hall–Kier alpha value is -2.65. The molecule has 6 heteroatoms. The molecule has 0 spiro atoms. The van der Waals surface area contributed by atoms with Crippen LogP contribution >= 0.6 is 11.8 Å². The fourth-order valence-corrected chi connectivity index (χ4v) is 3.74. The summed E-state index contributed by atoms with van der Waals surface area (Å²) in [4.78, 5) is 13.3. The average Bonchev–Trinajstić information content (AvgIpc) is 2.67. The van der Waals surface area contributed by atoms with E-state index >= 15 is 0 Å². The van der Waals surface area contributed by atoms with Gasteiger partial charge in [0.2, 0.25) is 0 Å². The lowest BCUT2D eigenvalue weighted by molar-refractivity contribution is -0.142. The molecule has 0 aromatic heterocycles. The summed E-state index contributed by atoms with van der Waals surface area (Å²) in [6.45, 7) is 7.83. The van der Waals surface area contributed by atoms with Crippen LogP contribution in [0.5, 0.6) is 5.75 Å². The zero-order valence-electron chi connectivity index (χ0n) is 16.7. The highest BCUT2D eigenvalue weighted by molar-refractivity contribution is 7.99. The normalized spacial score (nSPS) is 12.9. The highest BCUT2D eigenvalue weighted by Gasteiger charge is 2.39. The molecule has 5 nitrogen and oxygen atoms in total. The number of anilines is 1. The van der Waals surface area contributed by atoms with Gasteiger partial charge in [-0.15, -0.1) is 11.8 Å². The van der Waals surface area contributed by atoms with Crippen LogP contribution in [0.15, 0.2) is 47.4 Å². The summed E-state index contributed by atoms with van der Waals surface area (Å²) < 4.78 is 5.88. The van der Waals surface area contributed by atoms with E-state index in [0.29, 0.717) is 23.2 Å². The van der Waals surface area contributed by atoms with E-state index in [1.165, 1.54) is 0 Å². The lowest BCUT2D eigenvalue weighted by Gasteiger charge is -2.32. The molecule has 0 aliphatic rings. The quantitative estimate of drug-likeness (QED) is 0.561. The van der Waals surface area contributed by atoms with Gasteiger partial charge < -0.3 is 15.2 Å².